The van der Waals surface area contributed by atoms with Crippen molar-refractivity contribution >= 4 is 38.6 Å². The van der Waals surface area contributed by atoms with E-state index in [0.717, 1.165) is 0 Å². The summed E-state index contributed by atoms with van der Waals surface area (Å²) in [4.78, 5) is 0. The summed E-state index contributed by atoms with van der Waals surface area (Å²) in [5, 5.41) is 5.63. The first-order valence-electron chi connectivity index (χ1n) is 17.4. The maximum atomic E-state index is 4.93. The van der Waals surface area contributed by atoms with Crippen molar-refractivity contribution in [3.8, 4) is 22.3 Å². The van der Waals surface area contributed by atoms with Gasteiger partial charge in [-0.05, 0) is 64.5 Å². The van der Waals surface area contributed by atoms with Crippen molar-refractivity contribution in [1.82, 2.24) is 0 Å². The fraction of sp³-hybridized carbons (Fsp3) is 0.326. The normalized spacial score (nSPS) is 10.8. The fourth-order valence-electron chi connectivity index (χ4n) is 7.17. The van der Waals surface area contributed by atoms with Gasteiger partial charge in [-0.1, -0.05) is 135 Å². The summed E-state index contributed by atoms with van der Waals surface area (Å²) in [7, 11) is 9.87. The van der Waals surface area contributed by atoms with Crippen LogP contribution in [-0.4, -0.2) is 0 Å². The average molecular weight is 770 g/mol. The van der Waals surface area contributed by atoms with Crippen molar-refractivity contribution in [2.45, 2.75) is 102 Å². The van der Waals surface area contributed by atoms with E-state index in [9.17, 15) is 0 Å². The van der Waals surface area contributed by atoms with Crippen LogP contribution < -0.4 is 0 Å². The van der Waals surface area contributed by atoms with Crippen molar-refractivity contribution < 1.29 is 20.8 Å². The van der Waals surface area contributed by atoms with E-state index in [4.69, 9.17) is 17.0 Å². The number of fused-ring (bicyclic) bond motifs is 2. The van der Waals surface area contributed by atoms with Gasteiger partial charge in [0.2, 0.25) is 0 Å². The number of hydrogen-bond acceptors (Lipinski definition) is 0. The second kappa shape index (κ2) is 18.2. The second-order valence-corrected chi connectivity index (χ2v) is 17.9. The Morgan fingerprint density at radius 3 is 1.02 bits per heavy atom. The summed E-state index contributed by atoms with van der Waals surface area (Å²) in [5.74, 6) is 1.14. The molecule has 0 N–H and O–H groups in total. The van der Waals surface area contributed by atoms with Crippen LogP contribution in [0.15, 0.2) is 72.8 Å². The van der Waals surface area contributed by atoms with Gasteiger partial charge in [0, 0.05) is 0 Å². The average Bonchev–Trinajstić information content (AvgIpc) is 3.65. The van der Waals surface area contributed by atoms with E-state index in [1.54, 1.807) is 6.92 Å². The van der Waals surface area contributed by atoms with Gasteiger partial charge in [-0.15, -0.1) is 55.9 Å². The molecule has 0 amide bonds. The minimum atomic E-state index is -0.826. The van der Waals surface area contributed by atoms with Gasteiger partial charge < -0.3 is 6.92 Å². The van der Waals surface area contributed by atoms with E-state index >= 15 is 0 Å². The van der Waals surface area contributed by atoms with E-state index in [0.29, 0.717) is 11.8 Å². The van der Waals surface area contributed by atoms with E-state index in [2.05, 4.69) is 163 Å². The zero-order chi connectivity index (χ0) is 36.7. The molecule has 0 nitrogen and oxygen atoms in total. The third-order valence-corrected chi connectivity index (χ3v) is 9.22. The van der Waals surface area contributed by atoms with Crippen molar-refractivity contribution in [2.24, 2.45) is 0 Å². The Morgan fingerprint density at radius 1 is 0.469 bits per heavy atom. The molecular weight excluding hydrogens is 715 g/mol. The third-order valence-electron chi connectivity index (χ3n) is 9.22. The Balaban J connectivity index is 0.000000235. The van der Waals surface area contributed by atoms with Crippen molar-refractivity contribution in [3.63, 3.8) is 0 Å². The Bertz CT molecular complexity index is 1830. The van der Waals surface area contributed by atoms with Crippen LogP contribution in [0.4, 0.5) is 0 Å². The summed E-state index contributed by atoms with van der Waals surface area (Å²) in [5.41, 5.74) is 19.2. The summed E-state index contributed by atoms with van der Waals surface area (Å²) in [6.07, 6.45) is 0. The van der Waals surface area contributed by atoms with Gasteiger partial charge in [0.15, 0.2) is 0 Å². The standard InChI is InChI=1S/2C22H25.C2H5.2ClH.Zr/c2*1-13(2)18-11-20-16(5)10-17(6)22(21(20)12-18)19-8-14(3)7-15(4)9-19;1-2;;;/h2*7-13H,1-6H3;1H2,2H3;2*1H;/q3*-1;;;+2/p-2. The second-order valence-electron chi connectivity index (χ2n) is 14.1. The quantitative estimate of drug-likeness (QED) is 0.157. The Hall–Kier alpha value is -2.44. The number of rotatable bonds is 4. The van der Waals surface area contributed by atoms with E-state index in [1.165, 1.54) is 99.4 Å². The van der Waals surface area contributed by atoms with E-state index in [1.807, 2.05) is 0 Å². The Morgan fingerprint density at radius 2 is 0.755 bits per heavy atom. The van der Waals surface area contributed by atoms with E-state index < -0.39 is 20.8 Å². The van der Waals surface area contributed by atoms with Crippen LogP contribution in [0.25, 0.3) is 43.8 Å². The molecule has 0 aliphatic rings. The van der Waals surface area contributed by atoms with Crippen LogP contribution in [0, 0.1) is 62.3 Å². The van der Waals surface area contributed by atoms with Gasteiger partial charge in [0.05, 0.1) is 0 Å². The third kappa shape index (κ3) is 9.88. The monoisotopic (exact) mass is 767 g/mol. The van der Waals surface area contributed by atoms with E-state index in [-0.39, 0.29) is 0 Å². The molecule has 0 fully saturated rings. The topological polar surface area (TPSA) is 0 Å². The molecule has 0 spiro atoms. The first kappa shape index (κ1) is 41.0. The van der Waals surface area contributed by atoms with Gasteiger partial charge >= 0.3 is 37.9 Å². The Labute approximate surface area is 316 Å². The molecule has 49 heavy (non-hydrogen) atoms. The van der Waals surface area contributed by atoms with Crippen LogP contribution in [0.3, 0.4) is 0 Å². The molecule has 6 rings (SSSR count). The maximum absolute atomic E-state index is 4.93. The molecule has 0 unspecified atom stereocenters. The Kier molecular flexibility index (Phi) is 15.2. The van der Waals surface area contributed by atoms with Crippen molar-refractivity contribution in [2.75, 3.05) is 0 Å². The number of aryl methyl sites for hydroxylation is 8. The van der Waals surface area contributed by atoms with Gasteiger partial charge in [-0.25, -0.2) is 0 Å². The summed E-state index contributed by atoms with van der Waals surface area (Å²) >= 11 is -0.826. The van der Waals surface area contributed by atoms with Crippen molar-refractivity contribution in [3.05, 3.63) is 135 Å². The van der Waals surface area contributed by atoms with Crippen LogP contribution in [0.1, 0.15) is 102 Å². The molecule has 0 bridgehead atoms. The number of hydrogen-bond donors (Lipinski definition) is 0. The predicted octanol–water partition coefficient (Wildman–Crippen LogP) is 15.4. The molecule has 6 aromatic carbocycles. The molecule has 260 valence electrons. The molecule has 0 aliphatic heterocycles. The molecule has 0 aliphatic carbocycles. The van der Waals surface area contributed by atoms with Gasteiger partial charge in [0.25, 0.3) is 0 Å². The minimum absolute atomic E-state index is 0.569. The first-order chi connectivity index (χ1) is 23.1. The van der Waals surface area contributed by atoms with Crippen LogP contribution in [0.5, 0.6) is 0 Å². The van der Waals surface area contributed by atoms with Gasteiger partial charge in [-0.2, -0.15) is 19.1 Å². The van der Waals surface area contributed by atoms with Crippen LogP contribution in [-0.2, 0) is 20.8 Å². The van der Waals surface area contributed by atoms with Gasteiger partial charge in [0.1, 0.15) is 0 Å². The molecule has 0 radical (unpaired) electrons. The fourth-order valence-corrected chi connectivity index (χ4v) is 7.17. The summed E-state index contributed by atoms with van der Waals surface area (Å²) in [6.45, 7) is 31.7. The van der Waals surface area contributed by atoms with Gasteiger partial charge in [-0.3, -0.25) is 0 Å². The molecule has 0 saturated carbocycles. The molecule has 0 heterocycles. The van der Waals surface area contributed by atoms with Crippen LogP contribution in [0.2, 0.25) is 0 Å². The SMILES string of the molecule is Cc1cc(C)cc(-c2c(C)cc(C)c3[cH-]c(C(C)C)cc23)c1.Cc1cc(C)cc(-c2c(C)cc(C)c3[cH-]c(C(C)C)cc23)c1.[CH2-]C.[Cl][Zr][Cl]. The van der Waals surface area contributed by atoms with Crippen molar-refractivity contribution in [1.29, 1.82) is 0 Å². The summed E-state index contributed by atoms with van der Waals surface area (Å²) < 4.78 is 0. The number of benzene rings is 4. The zero-order valence-electron chi connectivity index (χ0n) is 32.0. The molecule has 0 aromatic heterocycles. The zero-order valence-corrected chi connectivity index (χ0v) is 36.0. The predicted molar refractivity (Wildman–Crippen MR) is 219 cm³/mol. The molecule has 0 saturated heterocycles. The molecule has 3 heteroatoms. The van der Waals surface area contributed by atoms with Crippen LogP contribution >= 0.6 is 17.0 Å². The molecule has 0 atom stereocenters. The number of halogens is 2. The first-order valence-corrected chi connectivity index (χ1v) is 23.7. The molecular formula is C46H55Cl2Zr-3. The molecule has 6 aromatic rings. The summed E-state index contributed by atoms with van der Waals surface area (Å²) in [6, 6.07) is 27.9.